The summed E-state index contributed by atoms with van der Waals surface area (Å²) in [6, 6.07) is 3.26. The van der Waals surface area contributed by atoms with Crippen LogP contribution in [0.2, 0.25) is 0 Å². The minimum atomic E-state index is -0.199. The first-order valence-corrected chi connectivity index (χ1v) is 3.22. The highest BCUT2D eigenvalue weighted by molar-refractivity contribution is 6.02. The maximum atomic E-state index is 11.1. The fourth-order valence-electron chi connectivity index (χ4n) is 0.697. The molecule has 0 saturated carbocycles. The Hall–Kier alpha value is -1.51. The summed E-state index contributed by atoms with van der Waals surface area (Å²) >= 11 is 0. The molecule has 1 rings (SSSR count). The van der Waals surface area contributed by atoms with Crippen LogP contribution in [0, 0.1) is 0 Å². The highest BCUT2D eigenvalue weighted by atomic mass is 16.3. The van der Waals surface area contributed by atoms with Gasteiger partial charge in [-0.05, 0) is 19.1 Å². The van der Waals surface area contributed by atoms with Gasteiger partial charge in [-0.15, -0.1) is 0 Å². The number of carbonyl (C=O) groups is 1. The van der Waals surface area contributed by atoms with E-state index in [1.807, 2.05) is 0 Å². The first kappa shape index (κ1) is 7.60. The van der Waals surface area contributed by atoms with E-state index in [1.54, 1.807) is 19.1 Å². The Balaban J connectivity index is 2.80. The second-order valence-electron chi connectivity index (χ2n) is 2.23. The Morgan fingerprint density at radius 2 is 2.45 bits per heavy atom. The van der Waals surface area contributed by atoms with Gasteiger partial charge in [-0.1, -0.05) is 0 Å². The van der Waals surface area contributed by atoms with E-state index in [0.717, 1.165) is 0 Å². The van der Waals surface area contributed by atoms with Crippen LogP contribution in [-0.4, -0.2) is 5.78 Å². The molecule has 0 aromatic carbocycles. The molecule has 0 unspecified atom stereocenters. The molecular formula is C8H9NO2. The van der Waals surface area contributed by atoms with E-state index in [4.69, 9.17) is 10.2 Å². The summed E-state index contributed by atoms with van der Waals surface area (Å²) in [6.07, 6.45) is 2.78. The summed E-state index contributed by atoms with van der Waals surface area (Å²) in [6.45, 7) is 1.65. The lowest BCUT2D eigenvalue weighted by molar-refractivity contribution is 0.102. The first-order chi connectivity index (χ1) is 5.20. The maximum Gasteiger partial charge on any atom is 0.222 e. The summed E-state index contributed by atoms with van der Waals surface area (Å²) in [7, 11) is 0. The Morgan fingerprint density at radius 1 is 1.73 bits per heavy atom. The molecule has 58 valence electrons. The molecule has 2 N–H and O–H groups in total. The standard InChI is InChI=1S/C8H9NO2/c1-6(9)5-7(10)8-3-2-4-11-8/h2-5H,9H2,1H3. The predicted molar refractivity (Wildman–Crippen MR) is 41.0 cm³/mol. The molecule has 0 saturated heterocycles. The first-order valence-electron chi connectivity index (χ1n) is 3.22. The molecule has 0 aliphatic carbocycles. The zero-order valence-corrected chi connectivity index (χ0v) is 6.20. The van der Waals surface area contributed by atoms with Crippen molar-refractivity contribution in [2.24, 2.45) is 5.73 Å². The molecule has 0 aliphatic rings. The quantitative estimate of drug-likeness (QED) is 0.512. The maximum absolute atomic E-state index is 11.1. The summed E-state index contributed by atoms with van der Waals surface area (Å²) in [5, 5.41) is 0. The summed E-state index contributed by atoms with van der Waals surface area (Å²) in [5.41, 5.74) is 5.78. The second kappa shape index (κ2) is 3.05. The van der Waals surface area contributed by atoms with Crippen LogP contribution in [0.3, 0.4) is 0 Å². The lowest BCUT2D eigenvalue weighted by Gasteiger charge is -1.88. The van der Waals surface area contributed by atoms with Gasteiger partial charge < -0.3 is 10.2 Å². The van der Waals surface area contributed by atoms with E-state index < -0.39 is 0 Å². The van der Waals surface area contributed by atoms with E-state index in [2.05, 4.69) is 0 Å². The van der Waals surface area contributed by atoms with Gasteiger partial charge in [0.15, 0.2) is 5.76 Å². The number of ketones is 1. The van der Waals surface area contributed by atoms with Gasteiger partial charge in [0.2, 0.25) is 5.78 Å². The molecule has 0 aliphatic heterocycles. The number of allylic oxidation sites excluding steroid dienone is 2. The Morgan fingerprint density at radius 3 is 2.91 bits per heavy atom. The summed E-state index contributed by atoms with van der Waals surface area (Å²) in [5.74, 6) is 0.116. The molecule has 0 spiro atoms. The number of hydrogen-bond acceptors (Lipinski definition) is 3. The molecule has 0 bridgehead atoms. The van der Waals surface area contributed by atoms with Crippen molar-refractivity contribution in [3.8, 4) is 0 Å². The minimum Gasteiger partial charge on any atom is -0.461 e. The molecule has 3 nitrogen and oxygen atoms in total. The van der Waals surface area contributed by atoms with Crippen molar-refractivity contribution in [2.75, 3.05) is 0 Å². The fourth-order valence-corrected chi connectivity index (χ4v) is 0.697. The van der Waals surface area contributed by atoms with Gasteiger partial charge in [-0.2, -0.15) is 0 Å². The van der Waals surface area contributed by atoms with Crippen LogP contribution in [0.4, 0.5) is 0 Å². The van der Waals surface area contributed by atoms with E-state index in [0.29, 0.717) is 11.5 Å². The number of nitrogens with two attached hydrogens (primary N) is 1. The molecule has 11 heavy (non-hydrogen) atoms. The Bertz CT molecular complexity index is 268. The van der Waals surface area contributed by atoms with E-state index >= 15 is 0 Å². The van der Waals surface area contributed by atoms with Crippen LogP contribution in [-0.2, 0) is 0 Å². The largest absolute Gasteiger partial charge is 0.461 e. The smallest absolute Gasteiger partial charge is 0.222 e. The average molecular weight is 151 g/mol. The third kappa shape index (κ3) is 1.97. The molecule has 0 atom stereocenters. The molecular weight excluding hydrogens is 142 g/mol. The van der Waals surface area contributed by atoms with Gasteiger partial charge in [0, 0.05) is 11.8 Å². The summed E-state index contributed by atoms with van der Waals surface area (Å²) in [4.78, 5) is 11.1. The van der Waals surface area contributed by atoms with E-state index in [-0.39, 0.29) is 5.78 Å². The molecule has 3 heteroatoms. The van der Waals surface area contributed by atoms with Crippen molar-refractivity contribution in [1.29, 1.82) is 0 Å². The van der Waals surface area contributed by atoms with Crippen LogP contribution in [0.15, 0.2) is 34.6 Å². The van der Waals surface area contributed by atoms with E-state index in [9.17, 15) is 4.79 Å². The third-order valence-electron chi connectivity index (χ3n) is 1.12. The zero-order valence-electron chi connectivity index (χ0n) is 6.20. The van der Waals surface area contributed by atoms with Gasteiger partial charge in [0.25, 0.3) is 0 Å². The van der Waals surface area contributed by atoms with Crippen LogP contribution in [0.5, 0.6) is 0 Å². The molecule has 1 heterocycles. The number of hydrogen-bond donors (Lipinski definition) is 1. The van der Waals surface area contributed by atoms with Crippen molar-refractivity contribution in [1.82, 2.24) is 0 Å². The van der Waals surface area contributed by atoms with Crippen molar-refractivity contribution >= 4 is 5.78 Å². The minimum absolute atomic E-state index is 0.199. The number of furan rings is 1. The van der Waals surface area contributed by atoms with Gasteiger partial charge in [0.1, 0.15) is 0 Å². The van der Waals surface area contributed by atoms with Crippen LogP contribution in [0.1, 0.15) is 17.5 Å². The third-order valence-corrected chi connectivity index (χ3v) is 1.12. The van der Waals surface area contributed by atoms with Crippen molar-refractivity contribution < 1.29 is 9.21 Å². The highest BCUT2D eigenvalue weighted by Crippen LogP contribution is 2.02. The lowest BCUT2D eigenvalue weighted by Crippen LogP contribution is -1.98. The molecule has 1 aromatic rings. The van der Waals surface area contributed by atoms with E-state index in [1.165, 1.54) is 12.3 Å². The highest BCUT2D eigenvalue weighted by Gasteiger charge is 2.03. The zero-order chi connectivity index (χ0) is 8.27. The lowest BCUT2D eigenvalue weighted by atomic mass is 10.2. The van der Waals surface area contributed by atoms with Crippen LogP contribution >= 0.6 is 0 Å². The molecule has 0 fully saturated rings. The molecule has 0 radical (unpaired) electrons. The number of carbonyl (C=O) groups excluding carboxylic acids is 1. The van der Waals surface area contributed by atoms with Gasteiger partial charge in [0.05, 0.1) is 6.26 Å². The SMILES string of the molecule is CC(N)=CC(=O)c1ccco1. The van der Waals surface area contributed by atoms with Gasteiger partial charge in [-0.3, -0.25) is 4.79 Å². The number of rotatable bonds is 2. The summed E-state index contributed by atoms with van der Waals surface area (Å²) < 4.78 is 4.85. The predicted octanol–water partition coefficient (Wildman–Crippen LogP) is 1.32. The fraction of sp³-hybridized carbons (Fsp3) is 0.125. The second-order valence-corrected chi connectivity index (χ2v) is 2.23. The normalized spacial score (nSPS) is 11.5. The van der Waals surface area contributed by atoms with Crippen LogP contribution < -0.4 is 5.73 Å². The molecule has 1 aromatic heterocycles. The molecule has 0 amide bonds. The Kier molecular flexibility index (Phi) is 2.11. The monoisotopic (exact) mass is 151 g/mol. The van der Waals surface area contributed by atoms with Gasteiger partial charge >= 0.3 is 0 Å². The van der Waals surface area contributed by atoms with Gasteiger partial charge in [-0.25, -0.2) is 0 Å². The van der Waals surface area contributed by atoms with Crippen molar-refractivity contribution in [3.05, 3.63) is 35.9 Å². The van der Waals surface area contributed by atoms with Crippen molar-refractivity contribution in [3.63, 3.8) is 0 Å². The topological polar surface area (TPSA) is 56.2 Å². The van der Waals surface area contributed by atoms with Crippen molar-refractivity contribution in [2.45, 2.75) is 6.92 Å². The van der Waals surface area contributed by atoms with Crippen LogP contribution in [0.25, 0.3) is 0 Å². The average Bonchev–Trinajstić information content (AvgIpc) is 2.35. The Labute approximate surface area is 64.5 Å².